The number of carboxylic acids is 1. The predicted molar refractivity (Wildman–Crippen MR) is 86.1 cm³/mol. The van der Waals surface area contributed by atoms with E-state index in [-0.39, 0.29) is 12.3 Å². The largest absolute Gasteiger partial charge is 0.480 e. The van der Waals surface area contributed by atoms with Crippen molar-refractivity contribution in [2.75, 3.05) is 11.0 Å². The van der Waals surface area contributed by atoms with Crippen LogP contribution in [0.4, 0.5) is 10.1 Å². The van der Waals surface area contributed by atoms with Crippen LogP contribution in [0.2, 0.25) is 0 Å². The lowest BCUT2D eigenvalue weighted by atomic mass is 10.1. The van der Waals surface area contributed by atoms with Gasteiger partial charge in [0.05, 0.1) is 16.8 Å². The first-order chi connectivity index (χ1) is 10.8. The van der Waals surface area contributed by atoms with Crippen molar-refractivity contribution in [2.24, 2.45) is 5.92 Å². The summed E-state index contributed by atoms with van der Waals surface area (Å²) in [6, 6.07) is 1.19. The van der Waals surface area contributed by atoms with E-state index in [1.54, 1.807) is 13.8 Å². The molecule has 0 aliphatic rings. The van der Waals surface area contributed by atoms with Gasteiger partial charge >= 0.3 is 5.97 Å². The van der Waals surface area contributed by atoms with E-state index in [1.807, 2.05) is 9.44 Å². The highest BCUT2D eigenvalue weighted by molar-refractivity contribution is 7.92. The van der Waals surface area contributed by atoms with E-state index in [9.17, 15) is 26.0 Å². The van der Waals surface area contributed by atoms with Crippen molar-refractivity contribution in [1.29, 1.82) is 0 Å². The van der Waals surface area contributed by atoms with Gasteiger partial charge in [-0.25, -0.2) is 21.2 Å². The van der Waals surface area contributed by atoms with Crippen molar-refractivity contribution >= 4 is 31.7 Å². The van der Waals surface area contributed by atoms with E-state index in [0.717, 1.165) is 18.4 Å². The van der Waals surface area contributed by atoms with Crippen LogP contribution in [0.25, 0.3) is 0 Å². The lowest BCUT2D eigenvalue weighted by Crippen LogP contribution is -2.41. The molecular formula is C13H19FN2O6S2. The van der Waals surface area contributed by atoms with Crippen LogP contribution in [-0.2, 0) is 24.8 Å². The van der Waals surface area contributed by atoms with E-state index in [0.29, 0.717) is 6.07 Å². The second kappa shape index (κ2) is 7.45. The molecule has 11 heteroatoms. The van der Waals surface area contributed by atoms with E-state index >= 15 is 0 Å². The van der Waals surface area contributed by atoms with Crippen molar-refractivity contribution in [3.05, 3.63) is 24.0 Å². The molecule has 0 spiro atoms. The minimum Gasteiger partial charge on any atom is -0.480 e. The normalized spacial score (nSPS) is 13.7. The number of anilines is 1. The van der Waals surface area contributed by atoms with Gasteiger partial charge in [0.2, 0.25) is 20.0 Å². The van der Waals surface area contributed by atoms with Gasteiger partial charge in [0.1, 0.15) is 11.9 Å². The lowest BCUT2D eigenvalue weighted by molar-refractivity contribution is -0.139. The van der Waals surface area contributed by atoms with Crippen LogP contribution >= 0.6 is 0 Å². The monoisotopic (exact) mass is 382 g/mol. The topological polar surface area (TPSA) is 130 Å². The molecule has 0 saturated heterocycles. The summed E-state index contributed by atoms with van der Waals surface area (Å²) < 4.78 is 64.3. The number of aliphatic carboxylic acids is 1. The SMILES string of the molecule is CC(C)C[C@H](NS(=O)(=O)c1ccc(NS(C)(=O)=O)c(F)c1)C(=O)O. The maximum atomic E-state index is 13.9. The highest BCUT2D eigenvalue weighted by atomic mass is 32.2. The minimum atomic E-state index is -4.28. The maximum Gasteiger partial charge on any atom is 0.321 e. The Morgan fingerprint density at radius 1 is 1.25 bits per heavy atom. The summed E-state index contributed by atoms with van der Waals surface area (Å²) in [6.07, 6.45) is 0.882. The van der Waals surface area contributed by atoms with Crippen LogP contribution in [0.1, 0.15) is 20.3 Å². The zero-order chi connectivity index (χ0) is 18.7. The molecule has 0 fully saturated rings. The van der Waals surface area contributed by atoms with Crippen LogP contribution in [0.5, 0.6) is 0 Å². The zero-order valence-electron chi connectivity index (χ0n) is 13.3. The lowest BCUT2D eigenvalue weighted by Gasteiger charge is -2.17. The van der Waals surface area contributed by atoms with Gasteiger partial charge in [0, 0.05) is 0 Å². The molecule has 1 aromatic rings. The molecule has 0 aliphatic carbocycles. The fraction of sp³-hybridized carbons (Fsp3) is 0.462. The molecule has 0 amide bonds. The average Bonchev–Trinajstić information content (AvgIpc) is 2.37. The molecule has 1 aromatic carbocycles. The molecule has 8 nitrogen and oxygen atoms in total. The number of carboxylic acid groups (broad SMARTS) is 1. The quantitative estimate of drug-likeness (QED) is 0.614. The molecule has 0 aromatic heterocycles. The maximum absolute atomic E-state index is 13.9. The average molecular weight is 382 g/mol. The fourth-order valence-electron chi connectivity index (χ4n) is 1.87. The summed E-state index contributed by atoms with van der Waals surface area (Å²) >= 11 is 0. The Hall–Kier alpha value is -1.72. The number of nitrogens with one attached hydrogen (secondary N) is 2. The molecule has 3 N–H and O–H groups in total. The number of hydrogen-bond donors (Lipinski definition) is 3. The van der Waals surface area contributed by atoms with Gasteiger partial charge in [0.15, 0.2) is 0 Å². The smallest absolute Gasteiger partial charge is 0.321 e. The van der Waals surface area contributed by atoms with Gasteiger partial charge in [-0.3, -0.25) is 9.52 Å². The fourth-order valence-corrected chi connectivity index (χ4v) is 3.65. The number of benzene rings is 1. The molecule has 0 aliphatic heterocycles. The molecule has 0 bridgehead atoms. The first-order valence-electron chi connectivity index (χ1n) is 6.84. The molecule has 0 unspecified atom stereocenters. The van der Waals surface area contributed by atoms with Crippen molar-refractivity contribution in [2.45, 2.75) is 31.2 Å². The summed E-state index contributed by atoms with van der Waals surface area (Å²) in [6.45, 7) is 3.46. The predicted octanol–water partition coefficient (Wildman–Crippen LogP) is 0.975. The summed E-state index contributed by atoms with van der Waals surface area (Å²) in [5, 5.41) is 9.08. The molecule has 1 atom stereocenters. The van der Waals surface area contributed by atoms with Gasteiger partial charge in [-0.2, -0.15) is 4.72 Å². The summed E-state index contributed by atoms with van der Waals surface area (Å²) in [7, 11) is -8.01. The van der Waals surface area contributed by atoms with E-state index < -0.39 is 48.5 Å². The Bertz CT molecular complexity index is 821. The van der Waals surface area contributed by atoms with E-state index in [1.165, 1.54) is 0 Å². The van der Waals surface area contributed by atoms with Crippen molar-refractivity contribution in [3.8, 4) is 0 Å². The van der Waals surface area contributed by atoms with Crippen LogP contribution < -0.4 is 9.44 Å². The number of hydrogen-bond acceptors (Lipinski definition) is 5. The Morgan fingerprint density at radius 3 is 2.25 bits per heavy atom. The molecule has 0 radical (unpaired) electrons. The number of carbonyl (C=O) groups is 1. The first-order valence-corrected chi connectivity index (χ1v) is 10.2. The number of sulfonamides is 2. The second-order valence-corrected chi connectivity index (χ2v) is 9.12. The van der Waals surface area contributed by atoms with Crippen LogP contribution in [0.15, 0.2) is 23.1 Å². The van der Waals surface area contributed by atoms with E-state index in [2.05, 4.69) is 0 Å². The molecule has 136 valence electrons. The minimum absolute atomic E-state index is 0.0603. The Balaban J connectivity index is 3.10. The van der Waals surface area contributed by atoms with Gasteiger partial charge in [-0.1, -0.05) is 13.8 Å². The Kier molecular flexibility index (Phi) is 6.31. The highest BCUT2D eigenvalue weighted by Crippen LogP contribution is 2.20. The van der Waals surface area contributed by atoms with Crippen molar-refractivity contribution in [1.82, 2.24) is 4.72 Å². The van der Waals surface area contributed by atoms with Crippen LogP contribution in [0, 0.1) is 11.7 Å². The zero-order valence-corrected chi connectivity index (χ0v) is 14.9. The van der Waals surface area contributed by atoms with Gasteiger partial charge in [0.25, 0.3) is 0 Å². The Morgan fingerprint density at radius 2 is 1.83 bits per heavy atom. The van der Waals surface area contributed by atoms with Gasteiger partial charge in [-0.15, -0.1) is 0 Å². The number of halogens is 1. The first kappa shape index (κ1) is 20.3. The molecule has 24 heavy (non-hydrogen) atoms. The summed E-state index contributed by atoms with van der Waals surface area (Å²) in [5.74, 6) is -2.52. The third-order valence-corrected chi connectivity index (χ3v) is 4.91. The third-order valence-electron chi connectivity index (χ3n) is 2.85. The van der Waals surface area contributed by atoms with Gasteiger partial charge in [-0.05, 0) is 30.5 Å². The van der Waals surface area contributed by atoms with Crippen LogP contribution in [-0.4, -0.2) is 40.2 Å². The standard InChI is InChI=1S/C13H19FN2O6S2/c1-8(2)6-12(13(17)18)16-24(21,22)9-4-5-11(10(14)7-9)15-23(3,19)20/h4-5,7-8,12,15-16H,6H2,1-3H3,(H,17,18)/t12-/m0/s1. The molecule has 0 heterocycles. The van der Waals surface area contributed by atoms with Crippen molar-refractivity contribution in [3.63, 3.8) is 0 Å². The molecule has 1 rings (SSSR count). The molecular weight excluding hydrogens is 363 g/mol. The summed E-state index contributed by atoms with van der Waals surface area (Å²) in [5.41, 5.74) is -0.409. The van der Waals surface area contributed by atoms with Crippen LogP contribution in [0.3, 0.4) is 0 Å². The second-order valence-electron chi connectivity index (χ2n) is 5.66. The number of rotatable bonds is 8. The highest BCUT2D eigenvalue weighted by Gasteiger charge is 2.26. The van der Waals surface area contributed by atoms with Gasteiger partial charge < -0.3 is 5.11 Å². The Labute approximate surface area is 140 Å². The van der Waals surface area contributed by atoms with E-state index in [4.69, 9.17) is 5.11 Å². The summed E-state index contributed by atoms with van der Waals surface area (Å²) in [4.78, 5) is 10.6. The van der Waals surface area contributed by atoms with Crippen molar-refractivity contribution < 1.29 is 31.1 Å². The molecule has 0 saturated carbocycles. The third kappa shape index (κ3) is 6.06.